The Morgan fingerprint density at radius 2 is 1.85 bits per heavy atom. The molecule has 1 saturated heterocycles. The topological polar surface area (TPSA) is 61.8 Å². The summed E-state index contributed by atoms with van der Waals surface area (Å²) in [6.07, 6.45) is 1.67. The number of rotatable bonds is 3. The van der Waals surface area contributed by atoms with E-state index >= 15 is 0 Å². The fraction of sp³-hybridized carbons (Fsp3) is 0.714. The molecule has 0 spiro atoms. The number of fused-ring (bicyclic) bond motifs is 1. The molecule has 1 heterocycles. The van der Waals surface area contributed by atoms with E-state index in [1.807, 2.05) is 6.08 Å². The van der Waals surface area contributed by atoms with Crippen LogP contribution in [0.3, 0.4) is 0 Å². The van der Waals surface area contributed by atoms with Gasteiger partial charge in [-0.1, -0.05) is 0 Å². The zero-order valence-corrected chi connectivity index (χ0v) is 13.9. The van der Waals surface area contributed by atoms with Gasteiger partial charge in [0.25, 0.3) is 0 Å². The molecule has 0 aromatic carbocycles. The van der Waals surface area contributed by atoms with Gasteiger partial charge in [0.15, 0.2) is 0 Å². The molecular weight excluding hydrogens is 276 g/mol. The van der Waals surface area contributed by atoms with Crippen LogP contribution in [-0.2, 0) is 23.5 Å². The number of hydrogen-bond donors (Lipinski definition) is 0. The maximum atomic E-state index is 12.1. The van der Waals surface area contributed by atoms with E-state index in [2.05, 4.69) is 19.6 Å². The molecule has 1 fully saturated rings. The molecule has 0 radical (unpaired) electrons. The molecule has 0 aromatic heterocycles. The largest absolute Gasteiger partial charge is 0.547 e. The standard InChI is InChI=1S/C14H22O5Si/c1-13-8-9(19-20(4,5)6)7-10(17-3)14(13,2)12(16)18-11(13)15/h7,10H,8H2,1-6H3/t10-,13-,14+/m0/s1. The fourth-order valence-electron chi connectivity index (χ4n) is 2.94. The molecule has 20 heavy (non-hydrogen) atoms. The number of cyclic esters (lactones) is 2. The van der Waals surface area contributed by atoms with Gasteiger partial charge in [-0.3, -0.25) is 9.59 Å². The van der Waals surface area contributed by atoms with E-state index in [0.29, 0.717) is 6.42 Å². The lowest BCUT2D eigenvalue weighted by atomic mass is 9.59. The lowest BCUT2D eigenvalue weighted by Crippen LogP contribution is -2.52. The molecule has 3 atom stereocenters. The summed E-state index contributed by atoms with van der Waals surface area (Å²) in [5.41, 5.74) is -1.93. The second-order valence-electron chi connectivity index (χ2n) is 6.89. The van der Waals surface area contributed by atoms with Gasteiger partial charge >= 0.3 is 11.9 Å². The number of carbonyl (C=O) groups is 2. The van der Waals surface area contributed by atoms with E-state index < -0.39 is 37.2 Å². The maximum Gasteiger partial charge on any atom is 0.323 e. The highest BCUT2D eigenvalue weighted by molar-refractivity contribution is 6.70. The van der Waals surface area contributed by atoms with Crippen molar-refractivity contribution in [3.63, 3.8) is 0 Å². The Morgan fingerprint density at radius 3 is 2.35 bits per heavy atom. The van der Waals surface area contributed by atoms with Gasteiger partial charge < -0.3 is 13.9 Å². The fourth-order valence-corrected chi connectivity index (χ4v) is 3.86. The molecule has 0 amide bonds. The van der Waals surface area contributed by atoms with Crippen LogP contribution in [0.4, 0.5) is 0 Å². The Kier molecular flexibility index (Phi) is 3.38. The molecule has 1 aliphatic carbocycles. The zero-order chi connectivity index (χ0) is 15.3. The predicted molar refractivity (Wildman–Crippen MR) is 75.2 cm³/mol. The van der Waals surface area contributed by atoms with Crippen LogP contribution in [0, 0.1) is 10.8 Å². The van der Waals surface area contributed by atoms with Crippen LogP contribution in [-0.4, -0.2) is 33.5 Å². The number of methoxy groups -OCH3 is 1. The number of hydrogen-bond acceptors (Lipinski definition) is 5. The second-order valence-corrected chi connectivity index (χ2v) is 11.3. The monoisotopic (exact) mass is 298 g/mol. The van der Waals surface area contributed by atoms with E-state index in [-0.39, 0.29) is 0 Å². The molecule has 1 aliphatic heterocycles. The summed E-state index contributed by atoms with van der Waals surface area (Å²) in [7, 11) is -0.260. The Morgan fingerprint density at radius 1 is 1.25 bits per heavy atom. The van der Waals surface area contributed by atoms with Crippen LogP contribution in [0.25, 0.3) is 0 Å². The van der Waals surface area contributed by atoms with Gasteiger partial charge in [-0.2, -0.15) is 0 Å². The van der Waals surface area contributed by atoms with Crippen molar-refractivity contribution in [2.45, 2.75) is 46.0 Å². The first-order valence-electron chi connectivity index (χ1n) is 6.74. The van der Waals surface area contributed by atoms with Crippen molar-refractivity contribution >= 4 is 20.3 Å². The molecule has 2 aliphatic rings. The Labute approximate surface area is 120 Å². The molecule has 0 bridgehead atoms. The summed E-state index contributed by atoms with van der Waals surface area (Å²) in [5.74, 6) is -0.278. The minimum atomic E-state index is -1.79. The lowest BCUT2D eigenvalue weighted by molar-refractivity contribution is -0.156. The first-order chi connectivity index (χ1) is 9.04. The van der Waals surface area contributed by atoms with Gasteiger partial charge in [0.2, 0.25) is 8.32 Å². The van der Waals surface area contributed by atoms with E-state index in [9.17, 15) is 9.59 Å². The summed E-state index contributed by atoms with van der Waals surface area (Å²) in [6, 6.07) is 0. The van der Waals surface area contributed by atoms with Crippen LogP contribution in [0.2, 0.25) is 19.6 Å². The molecule has 5 nitrogen and oxygen atoms in total. The van der Waals surface area contributed by atoms with Gasteiger partial charge in [-0.15, -0.1) is 0 Å². The molecule has 0 N–H and O–H groups in total. The Hall–Kier alpha value is -1.14. The average molecular weight is 298 g/mol. The smallest absolute Gasteiger partial charge is 0.323 e. The highest BCUT2D eigenvalue weighted by Gasteiger charge is 2.68. The summed E-state index contributed by atoms with van der Waals surface area (Å²) < 4.78 is 16.3. The molecule has 6 heteroatoms. The number of carbonyl (C=O) groups excluding carboxylic acids is 2. The molecule has 2 rings (SSSR count). The van der Waals surface area contributed by atoms with E-state index in [1.165, 1.54) is 7.11 Å². The van der Waals surface area contributed by atoms with Crippen LogP contribution >= 0.6 is 0 Å². The minimum absolute atomic E-state index is 0.373. The van der Waals surface area contributed by atoms with Crippen molar-refractivity contribution in [1.29, 1.82) is 0 Å². The quantitative estimate of drug-likeness (QED) is 0.454. The van der Waals surface area contributed by atoms with Crippen molar-refractivity contribution in [2.75, 3.05) is 7.11 Å². The predicted octanol–water partition coefficient (Wildman–Crippen LogP) is 2.24. The molecular formula is C14H22O5Si. The summed E-state index contributed by atoms with van der Waals surface area (Å²) >= 11 is 0. The summed E-state index contributed by atoms with van der Waals surface area (Å²) in [6.45, 7) is 9.71. The third kappa shape index (κ3) is 2.02. The van der Waals surface area contributed by atoms with Gasteiger partial charge in [0.1, 0.15) is 5.41 Å². The Balaban J connectivity index is 2.46. The third-order valence-corrected chi connectivity index (χ3v) is 5.21. The molecule has 0 unspecified atom stereocenters. The highest BCUT2D eigenvalue weighted by atomic mass is 28.4. The summed E-state index contributed by atoms with van der Waals surface area (Å²) in [5, 5.41) is 0. The number of ether oxygens (including phenoxy) is 2. The van der Waals surface area contributed by atoms with E-state index in [4.69, 9.17) is 13.9 Å². The minimum Gasteiger partial charge on any atom is -0.547 e. The van der Waals surface area contributed by atoms with E-state index in [0.717, 1.165) is 5.76 Å². The van der Waals surface area contributed by atoms with Crippen molar-refractivity contribution < 1.29 is 23.5 Å². The van der Waals surface area contributed by atoms with Crippen molar-refractivity contribution in [3.05, 3.63) is 11.8 Å². The van der Waals surface area contributed by atoms with Gasteiger partial charge in [0.05, 0.1) is 17.3 Å². The Bertz CT molecular complexity index is 492. The molecule has 112 valence electrons. The number of esters is 2. The normalized spacial score (nSPS) is 37.3. The van der Waals surface area contributed by atoms with Gasteiger partial charge in [0, 0.05) is 13.5 Å². The van der Waals surface area contributed by atoms with Gasteiger partial charge in [-0.25, -0.2) is 0 Å². The maximum absolute atomic E-state index is 12.1. The first-order valence-corrected chi connectivity index (χ1v) is 10.1. The second kappa shape index (κ2) is 4.43. The molecule has 0 aromatic rings. The lowest BCUT2D eigenvalue weighted by Gasteiger charge is -2.43. The van der Waals surface area contributed by atoms with Crippen molar-refractivity contribution in [2.24, 2.45) is 10.8 Å². The highest BCUT2D eigenvalue weighted by Crippen LogP contribution is 2.56. The van der Waals surface area contributed by atoms with Crippen LogP contribution in [0.15, 0.2) is 11.8 Å². The van der Waals surface area contributed by atoms with Crippen molar-refractivity contribution in [1.82, 2.24) is 0 Å². The van der Waals surface area contributed by atoms with E-state index in [1.54, 1.807) is 13.8 Å². The average Bonchev–Trinajstić information content (AvgIpc) is 2.46. The summed E-state index contributed by atoms with van der Waals surface area (Å²) in [4.78, 5) is 24.3. The molecule has 0 saturated carbocycles. The number of allylic oxidation sites excluding steroid dienone is 1. The van der Waals surface area contributed by atoms with Crippen molar-refractivity contribution in [3.8, 4) is 0 Å². The van der Waals surface area contributed by atoms with Crippen LogP contribution in [0.5, 0.6) is 0 Å². The first kappa shape index (κ1) is 15.2. The third-order valence-electron chi connectivity index (χ3n) is 4.33. The zero-order valence-electron chi connectivity index (χ0n) is 12.9. The van der Waals surface area contributed by atoms with Crippen LogP contribution < -0.4 is 0 Å². The van der Waals surface area contributed by atoms with Crippen LogP contribution in [0.1, 0.15) is 20.3 Å². The SMILES string of the molecule is CO[C@H]1C=C(O[Si](C)(C)C)C[C@@]2(C)C(=O)OC(=O)[C@@]12C. The van der Waals surface area contributed by atoms with Gasteiger partial charge in [-0.05, 0) is 39.6 Å².